The molecule has 2 atom stereocenters. The van der Waals surface area contributed by atoms with Gasteiger partial charge in [-0.25, -0.2) is 0 Å². The number of fused-ring (bicyclic) bond motifs is 3. The van der Waals surface area contributed by atoms with Crippen molar-refractivity contribution in [3.63, 3.8) is 0 Å². The number of hydrogen-bond acceptors (Lipinski definition) is 4. The lowest BCUT2D eigenvalue weighted by atomic mass is 9.93. The molecule has 0 radical (unpaired) electrons. The van der Waals surface area contributed by atoms with Gasteiger partial charge in [0.1, 0.15) is 23.6 Å². The maximum absolute atomic E-state index is 12.5. The van der Waals surface area contributed by atoms with Gasteiger partial charge in [0.05, 0.1) is 6.42 Å². The van der Waals surface area contributed by atoms with Crippen LogP contribution in [0.3, 0.4) is 0 Å². The molecule has 26 heavy (non-hydrogen) atoms. The standard InChI is InChI=1S/C21H24N2O3/c1-12-9-17-15(19-20(25-19)21(2,3)26-17)11-16(12)23-18(24)10-13-5-7-14(22-4)8-6-13/h5-9,11,19-20,22H,10H2,1-4H3,(H,23,24). The molecule has 0 aliphatic carbocycles. The van der Waals surface area contributed by atoms with Crippen molar-refractivity contribution in [3.05, 3.63) is 53.1 Å². The minimum atomic E-state index is -0.311. The van der Waals surface area contributed by atoms with Gasteiger partial charge in [0.2, 0.25) is 5.91 Å². The first-order valence-electron chi connectivity index (χ1n) is 8.93. The summed E-state index contributed by atoms with van der Waals surface area (Å²) in [7, 11) is 1.87. The second-order valence-electron chi connectivity index (χ2n) is 7.56. The molecule has 2 N–H and O–H groups in total. The average molecular weight is 352 g/mol. The van der Waals surface area contributed by atoms with E-state index < -0.39 is 0 Å². The molecule has 5 heteroatoms. The summed E-state index contributed by atoms with van der Waals surface area (Å²) in [6.07, 6.45) is 0.498. The fourth-order valence-electron chi connectivity index (χ4n) is 3.53. The molecule has 5 nitrogen and oxygen atoms in total. The van der Waals surface area contributed by atoms with Crippen molar-refractivity contribution in [1.29, 1.82) is 0 Å². The molecule has 1 amide bonds. The van der Waals surface area contributed by atoms with E-state index in [1.165, 1.54) is 0 Å². The third-order valence-electron chi connectivity index (χ3n) is 5.09. The zero-order valence-corrected chi connectivity index (χ0v) is 15.6. The molecule has 0 saturated carbocycles. The Morgan fingerprint density at radius 1 is 1.19 bits per heavy atom. The van der Waals surface area contributed by atoms with Crippen molar-refractivity contribution >= 4 is 17.3 Å². The third kappa shape index (κ3) is 3.03. The van der Waals surface area contributed by atoms with Crippen LogP contribution >= 0.6 is 0 Å². The lowest BCUT2D eigenvalue weighted by Crippen LogP contribution is -2.37. The Bertz CT molecular complexity index is 858. The fourth-order valence-corrected chi connectivity index (χ4v) is 3.53. The molecule has 1 fully saturated rings. The van der Waals surface area contributed by atoms with E-state index >= 15 is 0 Å². The summed E-state index contributed by atoms with van der Waals surface area (Å²) in [5.74, 6) is 0.822. The smallest absolute Gasteiger partial charge is 0.228 e. The van der Waals surface area contributed by atoms with Crippen LogP contribution in [0.4, 0.5) is 11.4 Å². The number of aryl methyl sites for hydroxylation is 1. The van der Waals surface area contributed by atoms with Gasteiger partial charge < -0.3 is 20.1 Å². The van der Waals surface area contributed by atoms with Crippen molar-refractivity contribution in [2.75, 3.05) is 17.7 Å². The predicted octanol–water partition coefficient (Wildman–Crippen LogP) is 3.83. The van der Waals surface area contributed by atoms with Crippen LogP contribution in [0.1, 0.15) is 36.6 Å². The molecule has 2 heterocycles. The number of hydrogen-bond donors (Lipinski definition) is 2. The average Bonchev–Trinajstić information content (AvgIpc) is 3.39. The first-order chi connectivity index (χ1) is 12.4. The zero-order valence-electron chi connectivity index (χ0n) is 15.6. The second kappa shape index (κ2) is 6.02. The molecule has 0 spiro atoms. The highest BCUT2D eigenvalue weighted by molar-refractivity contribution is 5.93. The number of anilines is 2. The lowest BCUT2D eigenvalue weighted by molar-refractivity contribution is -0.115. The fraction of sp³-hybridized carbons (Fsp3) is 0.381. The minimum absolute atomic E-state index is 0.0319. The monoisotopic (exact) mass is 352 g/mol. The lowest BCUT2D eigenvalue weighted by Gasteiger charge is -2.30. The first-order valence-corrected chi connectivity index (χ1v) is 8.93. The Labute approximate surface area is 153 Å². The topological polar surface area (TPSA) is 62.9 Å². The van der Waals surface area contributed by atoms with Crippen LogP contribution in [0.25, 0.3) is 0 Å². The summed E-state index contributed by atoms with van der Waals surface area (Å²) in [6.45, 7) is 6.07. The Hall–Kier alpha value is -2.53. The second-order valence-corrected chi connectivity index (χ2v) is 7.56. The first kappa shape index (κ1) is 16.9. The molecular weight excluding hydrogens is 328 g/mol. The molecule has 0 bridgehead atoms. The number of rotatable bonds is 4. The number of amides is 1. The molecule has 2 aromatic rings. The maximum Gasteiger partial charge on any atom is 0.228 e. The normalized spacial score (nSPS) is 21.8. The number of carbonyl (C=O) groups excluding carboxylic acids is 1. The molecule has 2 aliphatic rings. The highest BCUT2D eigenvalue weighted by Crippen LogP contribution is 2.54. The number of ether oxygens (including phenoxy) is 2. The molecule has 2 unspecified atom stereocenters. The Balaban J connectivity index is 1.50. The summed E-state index contributed by atoms with van der Waals surface area (Å²) in [5.41, 5.74) is 4.52. The van der Waals surface area contributed by atoms with Gasteiger partial charge in [-0.1, -0.05) is 12.1 Å². The van der Waals surface area contributed by atoms with Crippen LogP contribution in [-0.4, -0.2) is 24.7 Å². The zero-order chi connectivity index (χ0) is 18.5. The van der Waals surface area contributed by atoms with E-state index in [0.717, 1.165) is 33.8 Å². The van der Waals surface area contributed by atoms with E-state index in [4.69, 9.17) is 9.47 Å². The van der Waals surface area contributed by atoms with E-state index in [2.05, 4.69) is 10.6 Å². The van der Waals surface area contributed by atoms with Crippen molar-refractivity contribution in [3.8, 4) is 5.75 Å². The van der Waals surface area contributed by atoms with Crippen LogP contribution in [0.5, 0.6) is 5.75 Å². The van der Waals surface area contributed by atoms with Crippen molar-refractivity contribution in [1.82, 2.24) is 0 Å². The maximum atomic E-state index is 12.5. The van der Waals surface area contributed by atoms with Gasteiger partial charge >= 0.3 is 0 Å². The van der Waals surface area contributed by atoms with E-state index in [0.29, 0.717) is 6.42 Å². The highest BCUT2D eigenvalue weighted by Gasteiger charge is 2.56. The van der Waals surface area contributed by atoms with Gasteiger partial charge in [-0.15, -0.1) is 0 Å². The molecule has 1 saturated heterocycles. The number of benzene rings is 2. The minimum Gasteiger partial charge on any atom is -0.485 e. The number of carbonyl (C=O) groups is 1. The number of nitrogens with one attached hydrogen (secondary N) is 2. The molecule has 136 valence electrons. The van der Waals surface area contributed by atoms with Gasteiger partial charge in [-0.3, -0.25) is 4.79 Å². The van der Waals surface area contributed by atoms with Gasteiger partial charge in [-0.2, -0.15) is 0 Å². The van der Waals surface area contributed by atoms with Gasteiger partial charge in [0.15, 0.2) is 0 Å². The van der Waals surface area contributed by atoms with Gasteiger partial charge in [0.25, 0.3) is 0 Å². The molecule has 2 aromatic carbocycles. The predicted molar refractivity (Wildman–Crippen MR) is 102 cm³/mol. The van der Waals surface area contributed by atoms with Crippen molar-refractivity contribution in [2.45, 2.75) is 45.0 Å². The quantitative estimate of drug-likeness (QED) is 0.821. The summed E-state index contributed by atoms with van der Waals surface area (Å²) >= 11 is 0. The summed E-state index contributed by atoms with van der Waals surface area (Å²) < 4.78 is 11.9. The van der Waals surface area contributed by atoms with E-state index in [-0.39, 0.29) is 23.7 Å². The Morgan fingerprint density at radius 3 is 2.62 bits per heavy atom. The molecule has 2 aliphatic heterocycles. The largest absolute Gasteiger partial charge is 0.485 e. The molecule has 4 rings (SSSR count). The van der Waals surface area contributed by atoms with Crippen molar-refractivity contribution in [2.24, 2.45) is 0 Å². The van der Waals surface area contributed by atoms with Crippen LogP contribution < -0.4 is 15.4 Å². The van der Waals surface area contributed by atoms with Crippen LogP contribution in [0.15, 0.2) is 36.4 Å². The SMILES string of the molecule is CNc1ccc(CC(=O)Nc2cc3c(cc2C)OC(C)(C)C2OC32)cc1. The van der Waals surface area contributed by atoms with Crippen LogP contribution in [0, 0.1) is 6.92 Å². The van der Waals surface area contributed by atoms with Gasteiger partial charge in [-0.05, 0) is 56.2 Å². The Morgan fingerprint density at radius 2 is 1.92 bits per heavy atom. The number of epoxide rings is 1. The highest BCUT2D eigenvalue weighted by atomic mass is 16.6. The van der Waals surface area contributed by atoms with Gasteiger partial charge in [0, 0.05) is 24.0 Å². The van der Waals surface area contributed by atoms with Crippen LogP contribution in [-0.2, 0) is 16.0 Å². The van der Waals surface area contributed by atoms with E-state index in [9.17, 15) is 4.79 Å². The van der Waals surface area contributed by atoms with E-state index in [1.54, 1.807) is 0 Å². The summed E-state index contributed by atoms with van der Waals surface area (Å²) in [6, 6.07) is 11.8. The summed E-state index contributed by atoms with van der Waals surface area (Å²) in [4.78, 5) is 12.5. The van der Waals surface area contributed by atoms with Crippen LogP contribution in [0.2, 0.25) is 0 Å². The third-order valence-corrected chi connectivity index (χ3v) is 5.09. The van der Waals surface area contributed by atoms with E-state index in [1.807, 2.05) is 64.2 Å². The molecule has 0 aromatic heterocycles. The summed E-state index contributed by atoms with van der Waals surface area (Å²) in [5, 5.41) is 6.10. The Kier molecular flexibility index (Phi) is 3.92. The van der Waals surface area contributed by atoms with Crippen molar-refractivity contribution < 1.29 is 14.3 Å². The molecular formula is C21H24N2O3.